The number of methoxy groups -OCH3 is 1. The summed E-state index contributed by atoms with van der Waals surface area (Å²) in [5.41, 5.74) is 2.22. The number of amides is 1. The summed E-state index contributed by atoms with van der Waals surface area (Å²) < 4.78 is 7.14. The monoisotopic (exact) mass is 331 g/mol. The van der Waals surface area contributed by atoms with Crippen molar-refractivity contribution >= 4 is 16.9 Å². The highest BCUT2D eigenvalue weighted by Crippen LogP contribution is 2.18. The van der Waals surface area contributed by atoms with E-state index in [2.05, 4.69) is 35.0 Å². The zero-order valence-corrected chi connectivity index (χ0v) is 14.9. The number of rotatable bonds is 11. The molecule has 0 aliphatic heterocycles. The predicted octanol–water partition coefficient (Wildman–Crippen LogP) is 3.31. The fourth-order valence-corrected chi connectivity index (χ4v) is 2.94. The van der Waals surface area contributed by atoms with Crippen LogP contribution in [0.25, 0.3) is 11.0 Å². The standard InChI is InChI=1S/C19H29N3O2/c1-3-4-5-6-9-14-22-17-11-8-7-10-16(17)21-18(22)12-13-20-19(23)15-24-2/h7-8,10-11H,3-6,9,12-15H2,1-2H3,(H,20,23). The van der Waals surface area contributed by atoms with Crippen molar-refractivity contribution in [2.45, 2.75) is 52.0 Å². The van der Waals surface area contributed by atoms with E-state index in [0.29, 0.717) is 6.54 Å². The van der Waals surface area contributed by atoms with Crippen molar-refractivity contribution < 1.29 is 9.53 Å². The molecular formula is C19H29N3O2. The SMILES string of the molecule is CCCCCCCn1c(CCNC(=O)COC)nc2ccccc21. The Labute approximate surface area is 144 Å². The molecule has 0 spiro atoms. The molecule has 0 saturated heterocycles. The maximum Gasteiger partial charge on any atom is 0.245 e. The summed E-state index contributed by atoms with van der Waals surface area (Å²) in [6.07, 6.45) is 7.03. The zero-order valence-electron chi connectivity index (χ0n) is 14.9. The van der Waals surface area contributed by atoms with Gasteiger partial charge < -0.3 is 14.6 Å². The smallest absolute Gasteiger partial charge is 0.245 e. The minimum atomic E-state index is -0.0836. The van der Waals surface area contributed by atoms with E-state index in [0.717, 1.165) is 24.3 Å². The fraction of sp³-hybridized carbons (Fsp3) is 0.579. The summed E-state index contributed by atoms with van der Waals surface area (Å²) in [6.45, 7) is 3.92. The number of hydrogen-bond acceptors (Lipinski definition) is 3. The molecule has 0 aliphatic rings. The van der Waals surface area contributed by atoms with Gasteiger partial charge in [0, 0.05) is 26.6 Å². The Bertz CT molecular complexity index is 637. The van der Waals surface area contributed by atoms with Crippen LogP contribution >= 0.6 is 0 Å². The Kier molecular flexibility index (Phi) is 7.75. The molecule has 1 amide bonds. The van der Waals surface area contributed by atoms with Crippen LogP contribution in [0.1, 0.15) is 44.9 Å². The minimum absolute atomic E-state index is 0.0836. The normalized spacial score (nSPS) is 11.1. The van der Waals surface area contributed by atoms with Crippen LogP contribution in [0.15, 0.2) is 24.3 Å². The van der Waals surface area contributed by atoms with E-state index in [1.54, 1.807) is 0 Å². The van der Waals surface area contributed by atoms with E-state index < -0.39 is 0 Å². The van der Waals surface area contributed by atoms with E-state index in [4.69, 9.17) is 9.72 Å². The maximum atomic E-state index is 11.5. The summed E-state index contributed by atoms with van der Waals surface area (Å²) >= 11 is 0. The van der Waals surface area contributed by atoms with Crippen LogP contribution in [-0.4, -0.2) is 35.7 Å². The summed E-state index contributed by atoms with van der Waals surface area (Å²) in [5.74, 6) is 0.962. The van der Waals surface area contributed by atoms with Gasteiger partial charge in [0.2, 0.25) is 5.91 Å². The number of aromatic nitrogens is 2. The molecule has 0 atom stereocenters. The molecule has 5 nitrogen and oxygen atoms in total. The Balaban J connectivity index is 1.99. The van der Waals surface area contributed by atoms with Gasteiger partial charge in [0.25, 0.3) is 0 Å². The molecule has 0 radical (unpaired) electrons. The average Bonchev–Trinajstić information content (AvgIpc) is 2.93. The van der Waals surface area contributed by atoms with Gasteiger partial charge in [-0.3, -0.25) is 4.79 Å². The molecule has 1 aromatic carbocycles. The Morgan fingerprint density at radius 3 is 2.79 bits per heavy atom. The molecule has 2 aromatic rings. The third-order valence-corrected chi connectivity index (χ3v) is 4.17. The molecule has 5 heteroatoms. The second-order valence-electron chi connectivity index (χ2n) is 6.12. The van der Waals surface area contributed by atoms with Crippen LogP contribution in [0.2, 0.25) is 0 Å². The number of carbonyl (C=O) groups excluding carboxylic acids is 1. The van der Waals surface area contributed by atoms with Crippen LogP contribution in [0.4, 0.5) is 0 Å². The summed E-state index contributed by atoms with van der Waals surface area (Å²) in [7, 11) is 1.53. The fourth-order valence-electron chi connectivity index (χ4n) is 2.94. The topological polar surface area (TPSA) is 56.2 Å². The Hall–Kier alpha value is -1.88. The molecule has 0 unspecified atom stereocenters. The van der Waals surface area contributed by atoms with Crippen molar-refractivity contribution in [3.8, 4) is 0 Å². The summed E-state index contributed by atoms with van der Waals surface area (Å²) in [5, 5.41) is 2.87. The van der Waals surface area contributed by atoms with Crippen LogP contribution in [0.3, 0.4) is 0 Å². The molecule has 0 fully saturated rings. The molecule has 0 saturated carbocycles. The molecule has 0 bridgehead atoms. The highest BCUT2D eigenvalue weighted by Gasteiger charge is 2.10. The minimum Gasteiger partial charge on any atom is -0.375 e. The molecule has 1 aromatic heterocycles. The number of nitrogens with one attached hydrogen (secondary N) is 1. The number of benzene rings is 1. The number of imidazole rings is 1. The maximum absolute atomic E-state index is 11.5. The molecule has 1 heterocycles. The first-order valence-electron chi connectivity index (χ1n) is 8.96. The summed E-state index contributed by atoms with van der Waals surface area (Å²) in [6, 6.07) is 8.25. The number of ether oxygens (including phenoxy) is 1. The van der Waals surface area contributed by atoms with Gasteiger partial charge in [-0.05, 0) is 18.6 Å². The highest BCUT2D eigenvalue weighted by molar-refractivity contribution is 5.77. The number of para-hydroxylation sites is 2. The largest absolute Gasteiger partial charge is 0.375 e. The third-order valence-electron chi connectivity index (χ3n) is 4.17. The molecule has 132 valence electrons. The first-order chi connectivity index (χ1) is 11.8. The van der Waals surface area contributed by atoms with Crippen molar-refractivity contribution in [3.05, 3.63) is 30.1 Å². The van der Waals surface area contributed by atoms with E-state index >= 15 is 0 Å². The van der Waals surface area contributed by atoms with Gasteiger partial charge in [0.05, 0.1) is 11.0 Å². The van der Waals surface area contributed by atoms with E-state index in [1.807, 2.05) is 6.07 Å². The van der Waals surface area contributed by atoms with E-state index in [1.165, 1.54) is 44.7 Å². The third kappa shape index (κ3) is 5.34. The lowest BCUT2D eigenvalue weighted by Gasteiger charge is -2.10. The number of fused-ring (bicyclic) bond motifs is 1. The van der Waals surface area contributed by atoms with E-state index in [-0.39, 0.29) is 12.5 Å². The molecule has 24 heavy (non-hydrogen) atoms. The first kappa shape index (κ1) is 18.5. The zero-order chi connectivity index (χ0) is 17.2. The number of hydrogen-bond donors (Lipinski definition) is 1. The Morgan fingerprint density at radius 1 is 1.21 bits per heavy atom. The number of unbranched alkanes of at least 4 members (excludes halogenated alkanes) is 4. The lowest BCUT2D eigenvalue weighted by atomic mass is 10.1. The van der Waals surface area contributed by atoms with Crippen LogP contribution in [0.5, 0.6) is 0 Å². The number of carbonyl (C=O) groups is 1. The summed E-state index contributed by atoms with van der Waals surface area (Å²) in [4.78, 5) is 16.3. The predicted molar refractivity (Wildman–Crippen MR) is 97.1 cm³/mol. The lowest BCUT2D eigenvalue weighted by molar-refractivity contribution is -0.124. The second kappa shape index (κ2) is 10.1. The van der Waals surface area contributed by atoms with Gasteiger partial charge in [-0.1, -0.05) is 44.7 Å². The van der Waals surface area contributed by atoms with Gasteiger partial charge in [0.15, 0.2) is 0 Å². The molecule has 1 N–H and O–H groups in total. The van der Waals surface area contributed by atoms with Crippen molar-refractivity contribution in [1.29, 1.82) is 0 Å². The average molecular weight is 331 g/mol. The molecule has 2 rings (SSSR count). The van der Waals surface area contributed by atoms with Crippen molar-refractivity contribution in [3.63, 3.8) is 0 Å². The van der Waals surface area contributed by atoms with Gasteiger partial charge >= 0.3 is 0 Å². The first-order valence-corrected chi connectivity index (χ1v) is 8.96. The quantitative estimate of drug-likeness (QED) is 0.643. The van der Waals surface area contributed by atoms with E-state index in [9.17, 15) is 4.79 Å². The van der Waals surface area contributed by atoms with Crippen LogP contribution in [-0.2, 0) is 22.5 Å². The van der Waals surface area contributed by atoms with Crippen molar-refractivity contribution in [2.24, 2.45) is 0 Å². The van der Waals surface area contributed by atoms with Crippen molar-refractivity contribution in [1.82, 2.24) is 14.9 Å². The highest BCUT2D eigenvalue weighted by atomic mass is 16.5. The number of aryl methyl sites for hydroxylation is 1. The lowest BCUT2D eigenvalue weighted by Crippen LogP contribution is -2.29. The van der Waals surface area contributed by atoms with Gasteiger partial charge in [0.1, 0.15) is 12.4 Å². The molecule has 0 aliphatic carbocycles. The van der Waals surface area contributed by atoms with Crippen molar-refractivity contribution in [2.75, 3.05) is 20.3 Å². The van der Waals surface area contributed by atoms with Gasteiger partial charge in [-0.25, -0.2) is 4.98 Å². The van der Waals surface area contributed by atoms with Gasteiger partial charge in [-0.15, -0.1) is 0 Å². The van der Waals surface area contributed by atoms with Gasteiger partial charge in [-0.2, -0.15) is 0 Å². The van der Waals surface area contributed by atoms with Crippen LogP contribution < -0.4 is 5.32 Å². The van der Waals surface area contributed by atoms with Crippen LogP contribution in [0, 0.1) is 0 Å². The second-order valence-corrected chi connectivity index (χ2v) is 6.12. The number of nitrogens with zero attached hydrogens (tertiary/aromatic N) is 2. The molecular weight excluding hydrogens is 302 g/mol. The Morgan fingerprint density at radius 2 is 2.00 bits per heavy atom.